The van der Waals surface area contributed by atoms with Crippen molar-refractivity contribution in [3.63, 3.8) is 0 Å². The summed E-state index contributed by atoms with van der Waals surface area (Å²) in [4.78, 5) is 0. The van der Waals surface area contributed by atoms with Crippen LogP contribution in [0.5, 0.6) is 0 Å². The molecule has 0 amide bonds. The van der Waals surface area contributed by atoms with Gasteiger partial charge in [0.15, 0.2) is 0 Å². The van der Waals surface area contributed by atoms with E-state index in [-0.39, 0.29) is 17.7 Å². The van der Waals surface area contributed by atoms with Crippen LogP contribution in [0.1, 0.15) is 58.3 Å². The van der Waals surface area contributed by atoms with E-state index in [9.17, 15) is 5.11 Å². The van der Waals surface area contributed by atoms with Gasteiger partial charge in [-0.1, -0.05) is 19.8 Å². The molecular formula is C17H31NO2S. The Morgan fingerprint density at radius 3 is 2.71 bits per heavy atom. The molecule has 3 aliphatic rings. The summed E-state index contributed by atoms with van der Waals surface area (Å²) < 4.78 is 6.20. The molecule has 3 nitrogen and oxygen atoms in total. The van der Waals surface area contributed by atoms with Crippen LogP contribution < -0.4 is 5.32 Å². The summed E-state index contributed by atoms with van der Waals surface area (Å²) in [6.45, 7) is 3.51. The molecule has 3 rings (SSSR count). The first-order chi connectivity index (χ1) is 10.2. The smallest absolute Gasteiger partial charge is 0.0713 e. The Balaban J connectivity index is 1.63. The number of aliphatic hydroxyl groups is 1. The molecule has 21 heavy (non-hydrogen) atoms. The number of thioether (sulfide) groups is 1. The highest BCUT2D eigenvalue weighted by Crippen LogP contribution is 2.39. The first-order valence-corrected chi connectivity index (χ1v) is 9.91. The lowest BCUT2D eigenvalue weighted by Crippen LogP contribution is -2.59. The van der Waals surface area contributed by atoms with Crippen molar-refractivity contribution in [1.82, 2.24) is 5.32 Å². The average molecular weight is 314 g/mol. The number of hydrogen-bond donors (Lipinski definition) is 2. The molecule has 0 aromatic heterocycles. The first-order valence-electron chi connectivity index (χ1n) is 8.76. The molecule has 1 aliphatic carbocycles. The Morgan fingerprint density at radius 1 is 1.19 bits per heavy atom. The van der Waals surface area contributed by atoms with Crippen molar-refractivity contribution >= 4 is 11.8 Å². The molecule has 2 heterocycles. The van der Waals surface area contributed by atoms with Crippen LogP contribution in [0.25, 0.3) is 0 Å². The summed E-state index contributed by atoms with van der Waals surface area (Å²) in [6.07, 6.45) is 9.49. The minimum absolute atomic E-state index is 0.0235. The highest BCUT2D eigenvalue weighted by molar-refractivity contribution is 7.99. The molecular weight excluding hydrogens is 282 g/mol. The van der Waals surface area contributed by atoms with Crippen molar-refractivity contribution in [1.29, 1.82) is 0 Å². The van der Waals surface area contributed by atoms with E-state index in [1.54, 1.807) is 0 Å². The number of nitrogens with one attached hydrogen (secondary N) is 1. The lowest BCUT2D eigenvalue weighted by molar-refractivity contribution is -0.0988. The molecule has 0 aromatic carbocycles. The van der Waals surface area contributed by atoms with Crippen LogP contribution in [0.15, 0.2) is 0 Å². The Labute approximate surface area is 133 Å². The summed E-state index contributed by atoms with van der Waals surface area (Å²) in [7, 11) is 0. The van der Waals surface area contributed by atoms with E-state index < -0.39 is 0 Å². The Morgan fingerprint density at radius 2 is 2.00 bits per heavy atom. The number of ether oxygens (including phenoxy) is 1. The standard InChI is InChI=1S/C17H31NO2S/c1-14-3-2-5-16(11-14,13-19)18-15-4-8-20-17(12-15)6-9-21-10-7-17/h14-15,18-19H,2-13H2,1H3. The molecule has 2 N–H and O–H groups in total. The fourth-order valence-corrected chi connectivity index (χ4v) is 5.89. The van der Waals surface area contributed by atoms with Crippen LogP contribution in [0.2, 0.25) is 0 Å². The third-order valence-electron chi connectivity index (χ3n) is 5.80. The van der Waals surface area contributed by atoms with Crippen LogP contribution in [0.3, 0.4) is 0 Å². The highest BCUT2D eigenvalue weighted by atomic mass is 32.2. The zero-order chi connectivity index (χ0) is 14.8. The maximum atomic E-state index is 9.99. The second-order valence-corrected chi connectivity index (χ2v) is 8.84. The van der Waals surface area contributed by atoms with E-state index in [1.807, 2.05) is 0 Å². The molecule has 1 saturated carbocycles. The summed E-state index contributed by atoms with van der Waals surface area (Å²) in [5, 5.41) is 13.9. The molecule has 0 bridgehead atoms. The summed E-state index contributed by atoms with van der Waals surface area (Å²) in [5.41, 5.74) is 0.113. The number of rotatable bonds is 3. The second kappa shape index (κ2) is 6.77. The van der Waals surface area contributed by atoms with Gasteiger partial charge in [0.2, 0.25) is 0 Å². The molecule has 2 saturated heterocycles. The molecule has 2 aliphatic heterocycles. The van der Waals surface area contributed by atoms with Crippen LogP contribution in [-0.4, -0.2) is 47.0 Å². The van der Waals surface area contributed by atoms with Crippen molar-refractivity contribution < 1.29 is 9.84 Å². The van der Waals surface area contributed by atoms with Gasteiger partial charge >= 0.3 is 0 Å². The minimum atomic E-state index is -0.0235. The fraction of sp³-hybridized carbons (Fsp3) is 1.00. The fourth-order valence-electron chi connectivity index (χ4n) is 4.66. The van der Waals surface area contributed by atoms with Gasteiger partial charge in [-0.2, -0.15) is 11.8 Å². The minimum Gasteiger partial charge on any atom is -0.394 e. The first kappa shape index (κ1) is 16.1. The molecule has 0 aromatic rings. The lowest BCUT2D eigenvalue weighted by atomic mass is 9.75. The van der Waals surface area contributed by atoms with Crippen molar-refractivity contribution in [2.75, 3.05) is 24.7 Å². The zero-order valence-electron chi connectivity index (χ0n) is 13.4. The maximum absolute atomic E-state index is 9.99. The normalized spacial score (nSPS) is 40.3. The van der Waals surface area contributed by atoms with Crippen molar-refractivity contribution in [2.45, 2.75) is 75.5 Å². The van der Waals surface area contributed by atoms with Gasteiger partial charge in [-0.25, -0.2) is 0 Å². The van der Waals surface area contributed by atoms with E-state index in [1.165, 1.54) is 37.2 Å². The van der Waals surface area contributed by atoms with Gasteiger partial charge in [0, 0.05) is 18.2 Å². The van der Waals surface area contributed by atoms with Crippen molar-refractivity contribution in [3.05, 3.63) is 0 Å². The topological polar surface area (TPSA) is 41.5 Å². The van der Waals surface area contributed by atoms with E-state index >= 15 is 0 Å². The Bertz CT molecular complexity index is 340. The van der Waals surface area contributed by atoms with Gasteiger partial charge in [-0.05, 0) is 55.9 Å². The number of hydrogen-bond acceptors (Lipinski definition) is 4. The highest BCUT2D eigenvalue weighted by Gasteiger charge is 2.42. The van der Waals surface area contributed by atoms with E-state index in [0.29, 0.717) is 6.04 Å². The molecule has 0 radical (unpaired) electrons. The van der Waals surface area contributed by atoms with Crippen LogP contribution in [0.4, 0.5) is 0 Å². The van der Waals surface area contributed by atoms with Crippen LogP contribution >= 0.6 is 11.8 Å². The number of aliphatic hydroxyl groups excluding tert-OH is 1. The summed E-state index contributed by atoms with van der Waals surface area (Å²) in [6, 6.07) is 0.527. The molecule has 3 unspecified atom stereocenters. The third-order valence-corrected chi connectivity index (χ3v) is 6.79. The lowest BCUT2D eigenvalue weighted by Gasteiger charge is -2.48. The van der Waals surface area contributed by atoms with Crippen LogP contribution in [0, 0.1) is 5.92 Å². The second-order valence-electron chi connectivity index (χ2n) is 7.62. The van der Waals surface area contributed by atoms with E-state index in [2.05, 4.69) is 24.0 Å². The molecule has 3 atom stereocenters. The van der Waals surface area contributed by atoms with E-state index in [0.717, 1.165) is 38.2 Å². The average Bonchev–Trinajstić information content (AvgIpc) is 2.48. The molecule has 1 spiro atoms. The Kier molecular flexibility index (Phi) is 5.19. The summed E-state index contributed by atoms with van der Waals surface area (Å²) in [5.74, 6) is 3.22. The maximum Gasteiger partial charge on any atom is 0.0713 e. The predicted octanol–water partition coefficient (Wildman–Crippen LogP) is 2.96. The third kappa shape index (κ3) is 3.77. The molecule has 122 valence electrons. The van der Waals surface area contributed by atoms with Gasteiger partial charge < -0.3 is 15.2 Å². The van der Waals surface area contributed by atoms with Gasteiger partial charge in [-0.3, -0.25) is 0 Å². The summed E-state index contributed by atoms with van der Waals surface area (Å²) >= 11 is 2.06. The zero-order valence-corrected chi connectivity index (χ0v) is 14.2. The van der Waals surface area contributed by atoms with Gasteiger partial charge in [0.05, 0.1) is 12.2 Å². The van der Waals surface area contributed by atoms with E-state index in [4.69, 9.17) is 4.74 Å². The van der Waals surface area contributed by atoms with Gasteiger partial charge in [0.1, 0.15) is 0 Å². The molecule has 4 heteroatoms. The van der Waals surface area contributed by atoms with Gasteiger partial charge in [0.25, 0.3) is 0 Å². The largest absolute Gasteiger partial charge is 0.394 e. The van der Waals surface area contributed by atoms with Crippen molar-refractivity contribution in [2.24, 2.45) is 5.92 Å². The van der Waals surface area contributed by atoms with Crippen molar-refractivity contribution in [3.8, 4) is 0 Å². The monoisotopic (exact) mass is 313 g/mol. The Hall–Kier alpha value is 0.230. The van der Waals surface area contributed by atoms with Crippen LogP contribution in [-0.2, 0) is 4.74 Å². The van der Waals surface area contributed by atoms with Gasteiger partial charge in [-0.15, -0.1) is 0 Å². The SMILES string of the molecule is CC1CCCC(CO)(NC2CCOC3(CCSCC3)C2)C1. The quantitative estimate of drug-likeness (QED) is 0.840. The predicted molar refractivity (Wildman–Crippen MR) is 88.8 cm³/mol. The molecule has 3 fully saturated rings.